The standard InChI is InChI=1S/C24H29N7O2/c1-16(2)18-8-24(30-26-10-18)29-23-6-5-21-22(28-23)7-19(9-25-21)20-11-27-31(13-20)12-17(14-32-3)15-33-4/h5-11,13,16-17H,12,14-15H2,1-4H3,(H,28,29,30). The van der Waals surface area contributed by atoms with E-state index in [9.17, 15) is 0 Å². The van der Waals surface area contributed by atoms with Crippen LogP contribution in [0.15, 0.2) is 49.1 Å². The van der Waals surface area contributed by atoms with E-state index in [-0.39, 0.29) is 5.92 Å². The third-order valence-corrected chi connectivity index (χ3v) is 5.35. The van der Waals surface area contributed by atoms with Gasteiger partial charge in [-0.05, 0) is 35.7 Å². The van der Waals surface area contributed by atoms with Gasteiger partial charge in [-0.15, -0.1) is 5.10 Å². The van der Waals surface area contributed by atoms with E-state index in [4.69, 9.17) is 14.5 Å². The van der Waals surface area contributed by atoms with Crippen LogP contribution < -0.4 is 5.32 Å². The predicted octanol–water partition coefficient (Wildman–Crippen LogP) is 4.06. The number of nitrogens with zero attached hydrogens (tertiary/aromatic N) is 6. The maximum atomic E-state index is 5.29. The van der Waals surface area contributed by atoms with Gasteiger partial charge in [0.25, 0.3) is 0 Å². The van der Waals surface area contributed by atoms with Crippen molar-refractivity contribution in [2.75, 3.05) is 32.8 Å². The summed E-state index contributed by atoms with van der Waals surface area (Å²) in [6.07, 6.45) is 7.48. The molecule has 4 aromatic rings. The summed E-state index contributed by atoms with van der Waals surface area (Å²) < 4.78 is 12.5. The first-order chi connectivity index (χ1) is 16.1. The second kappa shape index (κ2) is 10.5. The Hall–Kier alpha value is -3.43. The van der Waals surface area contributed by atoms with Gasteiger partial charge in [0.15, 0.2) is 5.82 Å². The Morgan fingerprint density at radius 1 is 0.939 bits per heavy atom. The van der Waals surface area contributed by atoms with Crippen molar-refractivity contribution >= 4 is 22.7 Å². The van der Waals surface area contributed by atoms with Crippen LogP contribution in [0.2, 0.25) is 0 Å². The molecule has 1 N–H and O–H groups in total. The lowest BCUT2D eigenvalue weighted by Gasteiger charge is -2.14. The molecule has 0 aliphatic carbocycles. The summed E-state index contributed by atoms with van der Waals surface area (Å²) in [5.41, 5.74) is 4.66. The van der Waals surface area contributed by atoms with E-state index in [1.165, 1.54) is 0 Å². The molecule has 4 heterocycles. The molecule has 4 rings (SSSR count). The number of hydrogen-bond acceptors (Lipinski definition) is 8. The van der Waals surface area contributed by atoms with Crippen LogP contribution in [0.5, 0.6) is 0 Å². The summed E-state index contributed by atoms with van der Waals surface area (Å²) in [5, 5.41) is 16.0. The molecule has 172 valence electrons. The predicted molar refractivity (Wildman–Crippen MR) is 127 cm³/mol. The zero-order valence-corrected chi connectivity index (χ0v) is 19.4. The van der Waals surface area contributed by atoms with Crippen LogP contribution in [0.25, 0.3) is 22.2 Å². The zero-order chi connectivity index (χ0) is 23.2. The Balaban J connectivity index is 1.54. The summed E-state index contributed by atoms with van der Waals surface area (Å²) in [6.45, 7) is 6.19. The smallest absolute Gasteiger partial charge is 0.154 e. The Labute approximate surface area is 193 Å². The average molecular weight is 448 g/mol. The molecule has 4 aromatic heterocycles. The minimum absolute atomic E-state index is 0.232. The quantitative estimate of drug-likeness (QED) is 0.388. The Bertz CT molecular complexity index is 1200. The first-order valence-corrected chi connectivity index (χ1v) is 10.9. The van der Waals surface area contributed by atoms with Crippen LogP contribution in [-0.4, -0.2) is 57.4 Å². The van der Waals surface area contributed by atoms with Crippen molar-refractivity contribution in [3.05, 3.63) is 54.6 Å². The third-order valence-electron chi connectivity index (χ3n) is 5.35. The van der Waals surface area contributed by atoms with E-state index < -0.39 is 0 Å². The molecule has 0 saturated heterocycles. The molecule has 33 heavy (non-hydrogen) atoms. The van der Waals surface area contributed by atoms with Crippen molar-refractivity contribution in [3.8, 4) is 11.1 Å². The largest absolute Gasteiger partial charge is 0.384 e. The number of ether oxygens (including phenoxy) is 2. The molecular formula is C24H29N7O2. The highest BCUT2D eigenvalue weighted by Gasteiger charge is 2.12. The zero-order valence-electron chi connectivity index (χ0n) is 19.4. The third kappa shape index (κ3) is 5.68. The number of rotatable bonds is 10. The summed E-state index contributed by atoms with van der Waals surface area (Å²) >= 11 is 0. The highest BCUT2D eigenvalue weighted by molar-refractivity contribution is 5.81. The van der Waals surface area contributed by atoms with Crippen LogP contribution >= 0.6 is 0 Å². The lowest BCUT2D eigenvalue weighted by Crippen LogP contribution is -2.20. The van der Waals surface area contributed by atoms with Gasteiger partial charge in [0, 0.05) is 50.2 Å². The van der Waals surface area contributed by atoms with Gasteiger partial charge in [-0.1, -0.05) is 13.8 Å². The minimum atomic E-state index is 0.232. The molecule has 9 heteroatoms. The van der Waals surface area contributed by atoms with E-state index in [1.54, 1.807) is 20.4 Å². The summed E-state index contributed by atoms with van der Waals surface area (Å²) in [6, 6.07) is 7.85. The maximum absolute atomic E-state index is 5.29. The van der Waals surface area contributed by atoms with E-state index in [2.05, 4.69) is 39.4 Å². The molecule has 0 spiro atoms. The fourth-order valence-corrected chi connectivity index (χ4v) is 3.63. The van der Waals surface area contributed by atoms with E-state index in [0.717, 1.165) is 27.7 Å². The fourth-order valence-electron chi connectivity index (χ4n) is 3.63. The van der Waals surface area contributed by atoms with Gasteiger partial charge in [-0.2, -0.15) is 10.2 Å². The van der Waals surface area contributed by atoms with E-state index in [0.29, 0.717) is 37.3 Å². The van der Waals surface area contributed by atoms with E-state index >= 15 is 0 Å². The second-order valence-corrected chi connectivity index (χ2v) is 8.34. The van der Waals surface area contributed by atoms with Crippen LogP contribution in [0.3, 0.4) is 0 Å². The Morgan fingerprint density at radius 3 is 2.52 bits per heavy atom. The number of methoxy groups -OCH3 is 2. The van der Waals surface area contributed by atoms with Crippen molar-refractivity contribution in [2.45, 2.75) is 26.3 Å². The molecule has 0 aliphatic rings. The number of fused-ring (bicyclic) bond motifs is 1. The molecule has 0 atom stereocenters. The van der Waals surface area contributed by atoms with Gasteiger partial charge in [-0.3, -0.25) is 9.67 Å². The van der Waals surface area contributed by atoms with Gasteiger partial charge in [0.05, 0.1) is 36.6 Å². The minimum Gasteiger partial charge on any atom is -0.384 e. The first kappa shape index (κ1) is 22.8. The van der Waals surface area contributed by atoms with Gasteiger partial charge in [0.1, 0.15) is 5.82 Å². The SMILES string of the molecule is COCC(COC)Cn1cc(-c2cnc3ccc(Nc4cc(C(C)C)cnn4)nc3c2)cn1. The average Bonchev–Trinajstić information content (AvgIpc) is 3.27. The second-order valence-electron chi connectivity index (χ2n) is 8.34. The fraction of sp³-hybridized carbons (Fsp3) is 0.375. The molecule has 0 amide bonds. The first-order valence-electron chi connectivity index (χ1n) is 10.9. The molecule has 0 aromatic carbocycles. The molecule has 0 saturated carbocycles. The van der Waals surface area contributed by atoms with Crippen molar-refractivity contribution in [2.24, 2.45) is 5.92 Å². The number of anilines is 2. The van der Waals surface area contributed by atoms with E-state index in [1.807, 2.05) is 47.5 Å². The van der Waals surface area contributed by atoms with Crippen LogP contribution in [0.4, 0.5) is 11.6 Å². The van der Waals surface area contributed by atoms with Crippen molar-refractivity contribution in [3.63, 3.8) is 0 Å². The summed E-state index contributed by atoms with van der Waals surface area (Å²) in [5.74, 6) is 1.96. The van der Waals surface area contributed by atoms with Crippen molar-refractivity contribution < 1.29 is 9.47 Å². The number of aromatic nitrogens is 6. The molecular weight excluding hydrogens is 418 g/mol. The Morgan fingerprint density at radius 2 is 1.76 bits per heavy atom. The molecule has 0 aliphatic heterocycles. The number of hydrogen-bond donors (Lipinski definition) is 1. The van der Waals surface area contributed by atoms with Crippen molar-refractivity contribution in [1.29, 1.82) is 0 Å². The Kier molecular flexibility index (Phi) is 7.21. The van der Waals surface area contributed by atoms with Gasteiger partial charge >= 0.3 is 0 Å². The molecule has 9 nitrogen and oxygen atoms in total. The summed E-state index contributed by atoms with van der Waals surface area (Å²) in [4.78, 5) is 9.31. The molecule has 0 unspecified atom stereocenters. The number of pyridine rings is 2. The highest BCUT2D eigenvalue weighted by Crippen LogP contribution is 2.24. The van der Waals surface area contributed by atoms with Gasteiger partial charge in [-0.25, -0.2) is 4.98 Å². The topological polar surface area (TPSA) is 99.9 Å². The lowest BCUT2D eigenvalue weighted by atomic mass is 10.1. The normalized spacial score (nSPS) is 11.6. The van der Waals surface area contributed by atoms with Gasteiger partial charge in [0.2, 0.25) is 0 Å². The lowest BCUT2D eigenvalue weighted by molar-refractivity contribution is 0.0743. The molecule has 0 fully saturated rings. The molecule has 0 bridgehead atoms. The summed E-state index contributed by atoms with van der Waals surface area (Å²) in [7, 11) is 3.39. The van der Waals surface area contributed by atoms with Crippen LogP contribution in [0, 0.1) is 5.92 Å². The highest BCUT2D eigenvalue weighted by atomic mass is 16.5. The van der Waals surface area contributed by atoms with Crippen LogP contribution in [0.1, 0.15) is 25.3 Å². The van der Waals surface area contributed by atoms with Crippen molar-refractivity contribution in [1.82, 2.24) is 29.9 Å². The monoisotopic (exact) mass is 447 g/mol. The molecule has 0 radical (unpaired) electrons. The maximum Gasteiger partial charge on any atom is 0.154 e. The number of nitrogens with one attached hydrogen (secondary N) is 1. The van der Waals surface area contributed by atoms with Gasteiger partial charge < -0.3 is 14.8 Å². The van der Waals surface area contributed by atoms with Crippen LogP contribution in [-0.2, 0) is 16.0 Å².